The quantitative estimate of drug-likeness (QED) is 0.269. The van der Waals surface area contributed by atoms with E-state index in [-0.39, 0.29) is 0 Å². The summed E-state index contributed by atoms with van der Waals surface area (Å²) < 4.78 is 5.43. The predicted octanol–water partition coefficient (Wildman–Crippen LogP) is 6.70. The number of rotatable bonds is 15. The summed E-state index contributed by atoms with van der Waals surface area (Å²) in [5.74, 6) is 0.623. The van der Waals surface area contributed by atoms with Crippen molar-refractivity contribution in [3.63, 3.8) is 0 Å². The molecule has 1 aliphatic rings. The highest BCUT2D eigenvalue weighted by Crippen LogP contribution is 2.19. The molecule has 1 unspecified atom stereocenters. The average molecular weight is 311 g/mol. The molecule has 0 bridgehead atoms. The molecule has 130 valence electrons. The summed E-state index contributed by atoms with van der Waals surface area (Å²) in [6, 6.07) is 0. The van der Waals surface area contributed by atoms with Crippen molar-refractivity contribution in [3.8, 4) is 0 Å². The Hall–Kier alpha value is -0.500. The van der Waals surface area contributed by atoms with Crippen molar-refractivity contribution in [1.82, 2.24) is 0 Å². The van der Waals surface area contributed by atoms with Gasteiger partial charge in [0.05, 0.1) is 11.9 Å². The van der Waals surface area contributed by atoms with Crippen LogP contribution >= 0.6 is 0 Å². The van der Waals surface area contributed by atoms with E-state index in [0.717, 1.165) is 25.9 Å². The van der Waals surface area contributed by atoms with Gasteiger partial charge in [0.15, 0.2) is 0 Å². The van der Waals surface area contributed by atoms with Gasteiger partial charge >= 0.3 is 0 Å². The molecule has 0 aliphatic carbocycles. The van der Waals surface area contributed by atoms with Gasteiger partial charge in [0.2, 0.25) is 0 Å². The number of hydrogen-bond donors (Lipinski definition) is 1. The van der Waals surface area contributed by atoms with Gasteiger partial charge in [-0.1, -0.05) is 64.7 Å². The minimum Gasteiger partial charge on any atom is -0.513 e. The Kier molecular flexibility index (Phi) is 12.5. The Balaban J connectivity index is 1.79. The number of hydrogen-bond acceptors (Lipinski definition) is 2. The fourth-order valence-corrected chi connectivity index (χ4v) is 3.02. The molecular formula is C20H38O2. The van der Waals surface area contributed by atoms with Crippen LogP contribution < -0.4 is 0 Å². The van der Waals surface area contributed by atoms with Crippen LogP contribution in [0.3, 0.4) is 0 Å². The lowest BCUT2D eigenvalue weighted by Gasteiger charge is -2.26. The van der Waals surface area contributed by atoms with Gasteiger partial charge in [-0.3, -0.25) is 0 Å². The van der Waals surface area contributed by atoms with E-state index in [0.29, 0.717) is 11.9 Å². The zero-order chi connectivity index (χ0) is 15.9. The van der Waals surface area contributed by atoms with Crippen molar-refractivity contribution in [2.75, 3.05) is 6.61 Å². The lowest BCUT2D eigenvalue weighted by Crippen LogP contribution is -2.26. The van der Waals surface area contributed by atoms with E-state index in [2.05, 4.69) is 6.92 Å². The Morgan fingerprint density at radius 3 is 2.27 bits per heavy atom. The van der Waals surface area contributed by atoms with Crippen molar-refractivity contribution >= 4 is 0 Å². The molecule has 2 heteroatoms. The molecule has 1 fully saturated rings. The maximum Gasteiger partial charge on any atom is 0.0882 e. The van der Waals surface area contributed by atoms with Crippen molar-refractivity contribution < 1.29 is 9.84 Å². The topological polar surface area (TPSA) is 29.5 Å². The monoisotopic (exact) mass is 310 g/mol. The molecule has 0 spiro atoms. The first kappa shape index (κ1) is 19.5. The third-order valence-electron chi connectivity index (χ3n) is 4.69. The summed E-state index contributed by atoms with van der Waals surface area (Å²) in [5.41, 5.74) is 0. The van der Waals surface area contributed by atoms with E-state index >= 15 is 0 Å². The van der Waals surface area contributed by atoms with E-state index in [9.17, 15) is 5.11 Å². The van der Waals surface area contributed by atoms with Crippen LogP contribution in [0, 0.1) is 0 Å². The SMILES string of the molecule is CCCCCCCC/C(O)=C\CCCCCCCC1CCO1. The molecule has 0 aromatic heterocycles. The number of aliphatic hydroxyl groups excluding tert-OH is 1. The zero-order valence-corrected chi connectivity index (χ0v) is 14.8. The van der Waals surface area contributed by atoms with Crippen molar-refractivity contribution in [2.45, 2.75) is 109 Å². The largest absolute Gasteiger partial charge is 0.513 e. The van der Waals surface area contributed by atoms with Crippen LogP contribution in [0.5, 0.6) is 0 Å². The second kappa shape index (κ2) is 14.1. The van der Waals surface area contributed by atoms with Crippen LogP contribution in [0.15, 0.2) is 11.8 Å². The number of allylic oxidation sites excluding steroid dienone is 2. The minimum absolute atomic E-state index is 0.585. The highest BCUT2D eigenvalue weighted by molar-refractivity contribution is 4.90. The van der Waals surface area contributed by atoms with E-state index in [4.69, 9.17) is 4.74 Å². The van der Waals surface area contributed by atoms with Gasteiger partial charge in [-0.15, -0.1) is 0 Å². The lowest BCUT2D eigenvalue weighted by molar-refractivity contribution is -0.0555. The molecule has 0 aromatic rings. The Bertz CT molecular complexity index is 269. The molecule has 1 N–H and O–H groups in total. The standard InChI is InChI=1S/C20H38O2/c1-2-3-4-5-8-11-14-19(21)15-12-9-6-7-10-13-16-20-17-18-22-20/h15,20-21H,2-14,16-18H2,1H3/b19-15+. The van der Waals surface area contributed by atoms with Crippen LogP contribution in [0.1, 0.15) is 103 Å². The van der Waals surface area contributed by atoms with Gasteiger partial charge in [0, 0.05) is 13.0 Å². The van der Waals surface area contributed by atoms with Gasteiger partial charge in [-0.25, -0.2) is 0 Å². The molecular weight excluding hydrogens is 272 g/mol. The summed E-state index contributed by atoms with van der Waals surface area (Å²) in [6.45, 7) is 3.23. The minimum atomic E-state index is 0.585. The second-order valence-electron chi connectivity index (χ2n) is 6.84. The number of ether oxygens (including phenoxy) is 1. The maximum absolute atomic E-state index is 9.83. The van der Waals surface area contributed by atoms with Crippen molar-refractivity contribution in [2.24, 2.45) is 0 Å². The summed E-state index contributed by atoms with van der Waals surface area (Å²) in [4.78, 5) is 0. The van der Waals surface area contributed by atoms with Gasteiger partial charge in [0.1, 0.15) is 0 Å². The summed E-state index contributed by atoms with van der Waals surface area (Å²) >= 11 is 0. The first-order valence-electron chi connectivity index (χ1n) is 9.82. The highest BCUT2D eigenvalue weighted by atomic mass is 16.5. The Morgan fingerprint density at radius 2 is 1.59 bits per heavy atom. The van der Waals surface area contributed by atoms with E-state index in [1.165, 1.54) is 77.0 Å². The van der Waals surface area contributed by atoms with Crippen LogP contribution in [0.25, 0.3) is 0 Å². The van der Waals surface area contributed by atoms with Gasteiger partial charge in [0.25, 0.3) is 0 Å². The van der Waals surface area contributed by atoms with Crippen LogP contribution in [0.2, 0.25) is 0 Å². The number of unbranched alkanes of at least 4 members (excludes halogenated alkanes) is 10. The molecule has 1 aliphatic heterocycles. The summed E-state index contributed by atoms with van der Waals surface area (Å²) in [7, 11) is 0. The van der Waals surface area contributed by atoms with E-state index in [1.807, 2.05) is 6.08 Å². The lowest BCUT2D eigenvalue weighted by atomic mass is 10.0. The fourth-order valence-electron chi connectivity index (χ4n) is 3.02. The van der Waals surface area contributed by atoms with Crippen molar-refractivity contribution in [3.05, 3.63) is 11.8 Å². The molecule has 2 nitrogen and oxygen atoms in total. The molecule has 1 saturated heterocycles. The van der Waals surface area contributed by atoms with Crippen LogP contribution in [-0.4, -0.2) is 17.8 Å². The van der Waals surface area contributed by atoms with E-state index < -0.39 is 0 Å². The van der Waals surface area contributed by atoms with Crippen LogP contribution in [0.4, 0.5) is 0 Å². The molecule has 1 atom stereocenters. The van der Waals surface area contributed by atoms with Crippen molar-refractivity contribution in [1.29, 1.82) is 0 Å². The molecule has 0 radical (unpaired) electrons. The average Bonchev–Trinajstić information content (AvgIpc) is 2.47. The zero-order valence-electron chi connectivity index (χ0n) is 14.8. The molecule has 0 saturated carbocycles. The smallest absolute Gasteiger partial charge is 0.0882 e. The van der Waals surface area contributed by atoms with Gasteiger partial charge in [-0.05, 0) is 38.2 Å². The molecule has 22 heavy (non-hydrogen) atoms. The van der Waals surface area contributed by atoms with E-state index in [1.54, 1.807) is 0 Å². The predicted molar refractivity (Wildman–Crippen MR) is 95.4 cm³/mol. The van der Waals surface area contributed by atoms with Gasteiger partial charge in [-0.2, -0.15) is 0 Å². The summed E-state index contributed by atoms with van der Waals surface area (Å²) in [6.07, 6.45) is 21.4. The number of aliphatic hydroxyl groups is 1. The third kappa shape index (κ3) is 11.1. The third-order valence-corrected chi connectivity index (χ3v) is 4.69. The Morgan fingerprint density at radius 1 is 0.955 bits per heavy atom. The Labute approximate surface area is 138 Å². The second-order valence-corrected chi connectivity index (χ2v) is 6.84. The first-order valence-corrected chi connectivity index (χ1v) is 9.82. The fraction of sp³-hybridized carbons (Fsp3) is 0.900. The normalized spacial score (nSPS) is 18.4. The van der Waals surface area contributed by atoms with Crippen LogP contribution in [-0.2, 0) is 4.74 Å². The molecule has 0 amide bonds. The molecule has 1 rings (SSSR count). The van der Waals surface area contributed by atoms with Gasteiger partial charge < -0.3 is 9.84 Å². The molecule has 1 heterocycles. The highest BCUT2D eigenvalue weighted by Gasteiger charge is 2.16. The maximum atomic E-state index is 9.83. The summed E-state index contributed by atoms with van der Waals surface area (Å²) in [5, 5.41) is 9.83. The molecule has 0 aromatic carbocycles. The first-order chi connectivity index (χ1) is 10.8.